The van der Waals surface area contributed by atoms with Crippen LogP contribution in [0.4, 0.5) is 0 Å². The van der Waals surface area contributed by atoms with Crippen LogP contribution in [0.25, 0.3) is 0 Å². The average Bonchev–Trinajstić information content (AvgIpc) is 2.47. The van der Waals surface area contributed by atoms with Gasteiger partial charge in [0, 0.05) is 30.2 Å². The summed E-state index contributed by atoms with van der Waals surface area (Å²) in [4.78, 5) is 7.13. The zero-order valence-electron chi connectivity index (χ0n) is 14.3. The summed E-state index contributed by atoms with van der Waals surface area (Å²) in [5.41, 5.74) is 5.19. The fourth-order valence-corrected chi connectivity index (χ4v) is 5.19. The van der Waals surface area contributed by atoms with E-state index >= 15 is 0 Å². The maximum absolute atomic E-state index is 11.7. The molecule has 4 nitrogen and oxygen atoms in total. The number of hydrogen-bond acceptors (Lipinski definition) is 4. The number of hydrogen-bond donors (Lipinski definition) is 0. The van der Waals surface area contributed by atoms with Crippen LogP contribution >= 0.6 is 0 Å². The third-order valence-electron chi connectivity index (χ3n) is 5.14. The van der Waals surface area contributed by atoms with Gasteiger partial charge in [0.15, 0.2) is 0 Å². The molecular formula is C18H28N2O2S. The molecule has 0 spiro atoms. The first-order chi connectivity index (χ1) is 10.9. The number of aryl methyl sites for hydroxylation is 2. The van der Waals surface area contributed by atoms with Crippen molar-refractivity contribution in [3.8, 4) is 0 Å². The lowest BCUT2D eigenvalue weighted by molar-refractivity contribution is 0.154. The fraction of sp³-hybridized carbons (Fsp3) is 0.722. The lowest BCUT2D eigenvalue weighted by atomic mass is 9.91. The van der Waals surface area contributed by atoms with Gasteiger partial charge < -0.3 is 0 Å². The van der Waals surface area contributed by atoms with Gasteiger partial charge in [-0.1, -0.05) is 6.42 Å². The molecule has 1 aromatic rings. The summed E-state index contributed by atoms with van der Waals surface area (Å²) in [5, 5.41) is 0. The highest BCUT2D eigenvalue weighted by molar-refractivity contribution is 7.90. The molecule has 1 aliphatic carbocycles. The number of nitrogens with zero attached hydrogens (tertiary/aromatic N) is 2. The number of pyridine rings is 1. The molecule has 23 heavy (non-hydrogen) atoms. The lowest BCUT2D eigenvalue weighted by Crippen LogP contribution is -2.43. The molecule has 1 saturated heterocycles. The smallest absolute Gasteiger partial charge is 0.148 e. The molecule has 3 rings (SSSR count). The summed E-state index contributed by atoms with van der Waals surface area (Å²) >= 11 is 0. The Bertz CT molecular complexity index is 670. The van der Waals surface area contributed by atoms with Crippen molar-refractivity contribution in [3.63, 3.8) is 0 Å². The summed E-state index contributed by atoms with van der Waals surface area (Å²) in [6.07, 6.45) is 9.38. The first-order valence-electron chi connectivity index (χ1n) is 8.82. The maximum atomic E-state index is 11.7. The number of rotatable bonds is 4. The Morgan fingerprint density at radius 3 is 2.78 bits per heavy atom. The van der Waals surface area contributed by atoms with Crippen molar-refractivity contribution in [1.29, 1.82) is 0 Å². The number of sulfone groups is 1. The molecule has 0 saturated carbocycles. The second-order valence-electron chi connectivity index (χ2n) is 7.27. The Morgan fingerprint density at radius 1 is 1.22 bits per heavy atom. The zero-order chi connectivity index (χ0) is 16.4. The number of aromatic nitrogens is 1. The molecule has 0 radical (unpaired) electrons. The molecule has 0 N–H and O–H groups in total. The third-order valence-corrected chi connectivity index (χ3v) is 6.13. The first-order valence-corrected chi connectivity index (χ1v) is 10.9. The van der Waals surface area contributed by atoms with E-state index in [2.05, 4.69) is 17.9 Å². The normalized spacial score (nSPS) is 22.8. The molecule has 0 bridgehead atoms. The highest BCUT2D eigenvalue weighted by Crippen LogP contribution is 2.27. The second kappa shape index (κ2) is 6.89. The van der Waals surface area contributed by atoms with E-state index in [1.165, 1.54) is 42.3 Å². The van der Waals surface area contributed by atoms with Gasteiger partial charge in [-0.2, -0.15) is 0 Å². The van der Waals surface area contributed by atoms with Gasteiger partial charge in [0.05, 0.1) is 5.75 Å². The molecule has 2 heterocycles. The average molecular weight is 337 g/mol. The van der Waals surface area contributed by atoms with E-state index in [4.69, 9.17) is 4.98 Å². The second-order valence-corrected chi connectivity index (χ2v) is 9.45. The molecule has 1 fully saturated rings. The predicted molar refractivity (Wildman–Crippen MR) is 93.4 cm³/mol. The Hall–Kier alpha value is -0.940. The van der Waals surface area contributed by atoms with Crippen molar-refractivity contribution in [2.24, 2.45) is 0 Å². The Morgan fingerprint density at radius 2 is 2.00 bits per heavy atom. The van der Waals surface area contributed by atoms with Gasteiger partial charge in [-0.15, -0.1) is 0 Å². The van der Waals surface area contributed by atoms with Crippen molar-refractivity contribution < 1.29 is 8.42 Å². The molecule has 2 aliphatic rings. The Balaban J connectivity index is 1.83. The summed E-state index contributed by atoms with van der Waals surface area (Å²) in [6.45, 7) is 3.96. The molecule has 1 unspecified atom stereocenters. The van der Waals surface area contributed by atoms with E-state index in [0.29, 0.717) is 5.75 Å². The van der Waals surface area contributed by atoms with Gasteiger partial charge in [0.25, 0.3) is 0 Å². The fourth-order valence-electron chi connectivity index (χ4n) is 4.11. The van der Waals surface area contributed by atoms with E-state index in [-0.39, 0.29) is 6.04 Å². The van der Waals surface area contributed by atoms with Crippen LogP contribution in [0.5, 0.6) is 0 Å². The van der Waals surface area contributed by atoms with Gasteiger partial charge in [0.2, 0.25) is 0 Å². The molecule has 5 heteroatoms. The van der Waals surface area contributed by atoms with E-state index in [1.54, 1.807) is 0 Å². The van der Waals surface area contributed by atoms with Crippen LogP contribution in [-0.2, 0) is 29.2 Å². The molecular weight excluding hydrogens is 308 g/mol. The van der Waals surface area contributed by atoms with Crippen molar-refractivity contribution >= 4 is 9.84 Å². The van der Waals surface area contributed by atoms with Crippen molar-refractivity contribution in [3.05, 3.63) is 28.6 Å². The topological polar surface area (TPSA) is 50.3 Å². The maximum Gasteiger partial charge on any atom is 0.148 e. The van der Waals surface area contributed by atoms with E-state index in [9.17, 15) is 8.42 Å². The summed E-state index contributed by atoms with van der Waals surface area (Å²) < 4.78 is 23.5. The van der Waals surface area contributed by atoms with E-state index < -0.39 is 9.84 Å². The van der Waals surface area contributed by atoms with E-state index in [0.717, 1.165) is 44.5 Å². The van der Waals surface area contributed by atoms with Crippen LogP contribution in [0.15, 0.2) is 6.07 Å². The highest BCUT2D eigenvalue weighted by atomic mass is 32.2. The largest absolute Gasteiger partial charge is 0.295 e. The number of piperidine rings is 1. The predicted octanol–water partition coefficient (Wildman–Crippen LogP) is 2.67. The van der Waals surface area contributed by atoms with Crippen LogP contribution in [0.1, 0.15) is 54.6 Å². The summed E-state index contributed by atoms with van der Waals surface area (Å²) in [5.74, 6) is 0.291. The van der Waals surface area contributed by atoms with Crippen LogP contribution in [-0.4, -0.2) is 42.9 Å². The third kappa shape index (κ3) is 4.32. The first kappa shape index (κ1) is 16.9. The minimum atomic E-state index is -2.93. The molecule has 0 aromatic carbocycles. The molecule has 0 amide bonds. The standard InChI is InChI=1S/C18H28N2O2S/c1-14-11-15(17-8-3-4-9-18(17)19-14)12-20-10-6-5-7-16(20)13-23(2,21)22/h11,16H,3-10,12-13H2,1-2H3. The SMILES string of the molecule is Cc1cc(CN2CCCCC2CS(C)(=O)=O)c2c(n1)CCCC2. The van der Waals surface area contributed by atoms with Gasteiger partial charge in [-0.05, 0) is 69.2 Å². The lowest BCUT2D eigenvalue weighted by Gasteiger charge is -2.36. The van der Waals surface area contributed by atoms with Crippen molar-refractivity contribution in [2.75, 3.05) is 18.6 Å². The minimum Gasteiger partial charge on any atom is -0.295 e. The van der Waals surface area contributed by atoms with Gasteiger partial charge in [0.1, 0.15) is 9.84 Å². The summed E-state index contributed by atoms with van der Waals surface area (Å²) in [7, 11) is -2.93. The van der Waals surface area contributed by atoms with Crippen LogP contribution in [0, 0.1) is 6.92 Å². The molecule has 1 aromatic heterocycles. The zero-order valence-corrected chi connectivity index (χ0v) is 15.2. The Labute approximate surface area is 140 Å². The number of likely N-dealkylation sites (tertiary alicyclic amines) is 1. The Kier molecular flexibility index (Phi) is 5.07. The highest BCUT2D eigenvalue weighted by Gasteiger charge is 2.27. The van der Waals surface area contributed by atoms with Gasteiger partial charge >= 0.3 is 0 Å². The van der Waals surface area contributed by atoms with Crippen LogP contribution in [0.3, 0.4) is 0 Å². The molecule has 1 atom stereocenters. The van der Waals surface area contributed by atoms with Crippen LogP contribution < -0.4 is 0 Å². The quantitative estimate of drug-likeness (QED) is 0.848. The summed E-state index contributed by atoms with van der Waals surface area (Å²) in [6, 6.07) is 2.39. The molecule has 128 valence electrons. The molecule has 1 aliphatic heterocycles. The van der Waals surface area contributed by atoms with E-state index in [1.807, 2.05) is 0 Å². The van der Waals surface area contributed by atoms with Crippen molar-refractivity contribution in [2.45, 2.75) is 64.5 Å². The number of fused-ring (bicyclic) bond motifs is 1. The monoisotopic (exact) mass is 336 g/mol. The minimum absolute atomic E-state index is 0.173. The van der Waals surface area contributed by atoms with Crippen molar-refractivity contribution in [1.82, 2.24) is 9.88 Å². The van der Waals surface area contributed by atoms with Gasteiger partial charge in [-0.25, -0.2) is 8.42 Å². The van der Waals surface area contributed by atoms with Gasteiger partial charge in [-0.3, -0.25) is 9.88 Å². The van der Waals surface area contributed by atoms with Crippen LogP contribution in [0.2, 0.25) is 0 Å².